The lowest BCUT2D eigenvalue weighted by atomic mass is 10.3. The summed E-state index contributed by atoms with van der Waals surface area (Å²) in [6.07, 6.45) is 4.95. The molecule has 0 aliphatic carbocycles. The van der Waals surface area contributed by atoms with Gasteiger partial charge in [0.1, 0.15) is 0 Å². The average Bonchev–Trinajstić information content (AvgIpc) is 3.09. The SMILES string of the molecule is CC(=O)Nc1ccn([C@@H]2CCN(Cc3cncs3)C2)n1. The van der Waals surface area contributed by atoms with E-state index in [9.17, 15) is 4.79 Å². The zero-order chi connectivity index (χ0) is 13.9. The van der Waals surface area contributed by atoms with E-state index in [1.165, 1.54) is 11.8 Å². The van der Waals surface area contributed by atoms with E-state index >= 15 is 0 Å². The van der Waals surface area contributed by atoms with Gasteiger partial charge in [-0.25, -0.2) is 0 Å². The van der Waals surface area contributed by atoms with Crippen molar-refractivity contribution in [3.05, 3.63) is 28.8 Å². The Labute approximate surface area is 121 Å². The predicted molar refractivity (Wildman–Crippen MR) is 77.6 cm³/mol. The van der Waals surface area contributed by atoms with Crippen molar-refractivity contribution in [3.63, 3.8) is 0 Å². The number of carbonyl (C=O) groups excluding carboxylic acids is 1. The Balaban J connectivity index is 1.59. The van der Waals surface area contributed by atoms with E-state index < -0.39 is 0 Å². The standard InChI is InChI=1S/C13H17N5OS/c1-10(19)15-13-3-5-18(16-13)11-2-4-17(7-11)8-12-6-14-9-20-12/h3,5-6,9,11H,2,4,7-8H2,1H3,(H,15,16,19)/t11-/m1/s1. The van der Waals surface area contributed by atoms with Crippen molar-refractivity contribution in [2.45, 2.75) is 25.9 Å². The highest BCUT2D eigenvalue weighted by atomic mass is 32.1. The van der Waals surface area contributed by atoms with Gasteiger partial charge in [0.2, 0.25) is 5.91 Å². The van der Waals surface area contributed by atoms with Gasteiger partial charge in [-0.1, -0.05) is 0 Å². The van der Waals surface area contributed by atoms with Crippen LogP contribution < -0.4 is 5.32 Å². The topological polar surface area (TPSA) is 63.1 Å². The first kappa shape index (κ1) is 13.3. The molecule has 3 rings (SSSR count). The lowest BCUT2D eigenvalue weighted by Gasteiger charge is -2.14. The van der Waals surface area contributed by atoms with E-state index in [4.69, 9.17) is 0 Å². The van der Waals surface area contributed by atoms with Crippen LogP contribution in [0.25, 0.3) is 0 Å². The summed E-state index contributed by atoms with van der Waals surface area (Å²) in [5.74, 6) is 0.534. The molecule has 0 aromatic carbocycles. The Morgan fingerprint density at radius 2 is 2.50 bits per heavy atom. The molecule has 2 aromatic heterocycles. The Hall–Kier alpha value is -1.73. The van der Waals surface area contributed by atoms with Crippen molar-refractivity contribution in [1.29, 1.82) is 0 Å². The molecule has 0 bridgehead atoms. The lowest BCUT2D eigenvalue weighted by molar-refractivity contribution is -0.114. The van der Waals surface area contributed by atoms with Gasteiger partial charge >= 0.3 is 0 Å². The molecule has 1 aliphatic rings. The van der Waals surface area contributed by atoms with E-state index in [2.05, 4.69) is 20.3 Å². The normalized spacial score (nSPS) is 19.4. The number of carbonyl (C=O) groups is 1. The third kappa shape index (κ3) is 3.05. The maximum atomic E-state index is 11.0. The van der Waals surface area contributed by atoms with Gasteiger partial charge in [-0.05, 0) is 6.42 Å². The summed E-state index contributed by atoms with van der Waals surface area (Å²) in [4.78, 5) is 18.8. The second kappa shape index (κ2) is 5.72. The lowest BCUT2D eigenvalue weighted by Crippen LogP contribution is -2.21. The number of anilines is 1. The molecule has 106 valence electrons. The Morgan fingerprint density at radius 1 is 1.60 bits per heavy atom. The number of amides is 1. The van der Waals surface area contributed by atoms with Crippen LogP contribution in [0.3, 0.4) is 0 Å². The van der Waals surface area contributed by atoms with Crippen molar-refractivity contribution in [3.8, 4) is 0 Å². The molecule has 1 saturated heterocycles. The first-order valence-electron chi connectivity index (χ1n) is 6.63. The number of hydrogen-bond donors (Lipinski definition) is 1. The quantitative estimate of drug-likeness (QED) is 0.932. The van der Waals surface area contributed by atoms with Crippen LogP contribution in [0.15, 0.2) is 24.0 Å². The van der Waals surface area contributed by atoms with E-state index in [1.807, 2.05) is 28.7 Å². The zero-order valence-corrected chi connectivity index (χ0v) is 12.1. The van der Waals surface area contributed by atoms with Gasteiger partial charge in [0.25, 0.3) is 0 Å². The minimum absolute atomic E-state index is 0.0894. The molecule has 7 heteroatoms. The molecule has 0 spiro atoms. The van der Waals surface area contributed by atoms with Crippen LogP contribution in [0.5, 0.6) is 0 Å². The van der Waals surface area contributed by atoms with Gasteiger partial charge in [-0.2, -0.15) is 5.10 Å². The third-order valence-corrected chi connectivity index (χ3v) is 4.16. The van der Waals surface area contributed by atoms with E-state index in [0.29, 0.717) is 11.9 Å². The maximum absolute atomic E-state index is 11.0. The van der Waals surface area contributed by atoms with Crippen molar-refractivity contribution in [1.82, 2.24) is 19.7 Å². The predicted octanol–water partition coefficient (Wildman–Crippen LogP) is 1.75. The van der Waals surface area contributed by atoms with Crippen LogP contribution in [-0.2, 0) is 11.3 Å². The fourth-order valence-electron chi connectivity index (χ4n) is 2.50. The average molecular weight is 291 g/mol. The molecular weight excluding hydrogens is 274 g/mol. The molecule has 1 atom stereocenters. The van der Waals surface area contributed by atoms with Gasteiger partial charge < -0.3 is 5.32 Å². The Bertz CT molecular complexity index is 579. The van der Waals surface area contributed by atoms with Gasteiger partial charge in [0, 0.05) is 49.9 Å². The van der Waals surface area contributed by atoms with Crippen LogP contribution in [0, 0.1) is 0 Å². The molecule has 3 heterocycles. The molecular formula is C13H17N5OS. The van der Waals surface area contributed by atoms with Gasteiger partial charge in [0.05, 0.1) is 11.6 Å². The summed E-state index contributed by atoms with van der Waals surface area (Å²) in [6.45, 7) is 4.50. The number of rotatable bonds is 4. The first-order chi connectivity index (χ1) is 9.70. The van der Waals surface area contributed by atoms with Crippen LogP contribution in [-0.4, -0.2) is 38.7 Å². The molecule has 0 unspecified atom stereocenters. The fraction of sp³-hybridized carbons (Fsp3) is 0.462. The molecule has 6 nitrogen and oxygen atoms in total. The third-order valence-electron chi connectivity index (χ3n) is 3.40. The number of likely N-dealkylation sites (tertiary alicyclic amines) is 1. The summed E-state index contributed by atoms with van der Waals surface area (Å²) in [5.41, 5.74) is 1.87. The Morgan fingerprint density at radius 3 is 3.25 bits per heavy atom. The molecule has 1 fully saturated rings. The molecule has 0 saturated carbocycles. The van der Waals surface area contributed by atoms with E-state index in [0.717, 1.165) is 26.1 Å². The highest BCUT2D eigenvalue weighted by molar-refractivity contribution is 7.09. The number of nitrogens with zero attached hydrogens (tertiary/aromatic N) is 4. The smallest absolute Gasteiger partial charge is 0.222 e. The Kier molecular flexibility index (Phi) is 3.79. The van der Waals surface area contributed by atoms with E-state index in [1.54, 1.807) is 11.3 Å². The molecule has 1 N–H and O–H groups in total. The minimum Gasteiger partial charge on any atom is -0.309 e. The van der Waals surface area contributed by atoms with Crippen LogP contribution in [0.1, 0.15) is 24.3 Å². The molecule has 1 amide bonds. The van der Waals surface area contributed by atoms with Gasteiger partial charge in [-0.15, -0.1) is 11.3 Å². The second-order valence-electron chi connectivity index (χ2n) is 5.01. The van der Waals surface area contributed by atoms with E-state index in [-0.39, 0.29) is 5.91 Å². The monoisotopic (exact) mass is 291 g/mol. The number of hydrogen-bond acceptors (Lipinski definition) is 5. The van der Waals surface area contributed by atoms with Crippen LogP contribution in [0.4, 0.5) is 5.82 Å². The first-order valence-corrected chi connectivity index (χ1v) is 7.51. The molecule has 1 aliphatic heterocycles. The molecule has 0 radical (unpaired) electrons. The second-order valence-corrected chi connectivity index (χ2v) is 5.98. The molecule has 2 aromatic rings. The summed E-state index contributed by atoms with van der Waals surface area (Å²) in [5, 5.41) is 7.12. The largest absolute Gasteiger partial charge is 0.309 e. The number of aromatic nitrogens is 3. The summed E-state index contributed by atoms with van der Waals surface area (Å²) in [7, 11) is 0. The van der Waals surface area contributed by atoms with Crippen molar-refractivity contribution < 1.29 is 4.79 Å². The summed E-state index contributed by atoms with van der Waals surface area (Å²) >= 11 is 1.70. The number of thiazole rings is 1. The van der Waals surface area contributed by atoms with Crippen molar-refractivity contribution >= 4 is 23.1 Å². The summed E-state index contributed by atoms with van der Waals surface area (Å²) < 4.78 is 1.96. The van der Waals surface area contributed by atoms with Crippen molar-refractivity contribution in [2.24, 2.45) is 0 Å². The fourth-order valence-corrected chi connectivity index (χ4v) is 3.14. The number of nitrogens with one attached hydrogen (secondary N) is 1. The van der Waals surface area contributed by atoms with Crippen LogP contribution >= 0.6 is 11.3 Å². The van der Waals surface area contributed by atoms with Gasteiger partial charge in [0.15, 0.2) is 5.82 Å². The van der Waals surface area contributed by atoms with Crippen LogP contribution in [0.2, 0.25) is 0 Å². The minimum atomic E-state index is -0.0894. The highest BCUT2D eigenvalue weighted by Gasteiger charge is 2.24. The van der Waals surface area contributed by atoms with Crippen molar-refractivity contribution in [2.75, 3.05) is 18.4 Å². The zero-order valence-electron chi connectivity index (χ0n) is 11.3. The molecule has 20 heavy (non-hydrogen) atoms. The summed E-state index contributed by atoms with van der Waals surface area (Å²) in [6, 6.07) is 2.22. The van der Waals surface area contributed by atoms with Gasteiger partial charge in [-0.3, -0.25) is 19.4 Å². The maximum Gasteiger partial charge on any atom is 0.222 e. The highest BCUT2D eigenvalue weighted by Crippen LogP contribution is 2.24.